The normalized spacial score (nSPS) is 13.5. The van der Waals surface area contributed by atoms with E-state index in [-0.39, 0.29) is 25.6 Å². The lowest BCUT2D eigenvalue weighted by Crippen LogP contribution is -2.37. The number of allylic oxidation sites excluding steroid dienone is 2. The Kier molecular flexibility index (Phi) is 44.0. The number of likely N-dealkylation sites (N-methyl/N-ethyl adjacent to an activating group) is 1. The van der Waals surface area contributed by atoms with E-state index in [0.29, 0.717) is 23.9 Å². The van der Waals surface area contributed by atoms with Gasteiger partial charge >= 0.3 is 19.8 Å². The molecule has 0 heterocycles. The Labute approximate surface area is 384 Å². The fraction of sp³-hybridized carbons (Fsp3) is 0.923. The topological polar surface area (TPSA) is 108 Å². The van der Waals surface area contributed by atoms with Gasteiger partial charge in [0.15, 0.2) is 6.10 Å². The first kappa shape index (κ1) is 60.8. The average molecular weight is 901 g/mol. The lowest BCUT2D eigenvalue weighted by atomic mass is 10.0. The van der Waals surface area contributed by atoms with Crippen molar-refractivity contribution in [2.24, 2.45) is 0 Å². The Morgan fingerprint density at radius 3 is 1.21 bits per heavy atom. The molecule has 0 amide bonds. The van der Waals surface area contributed by atoms with Gasteiger partial charge in [-0.05, 0) is 38.5 Å². The molecule has 0 radical (unpaired) electrons. The van der Waals surface area contributed by atoms with Gasteiger partial charge in [0.2, 0.25) is 0 Å². The summed E-state index contributed by atoms with van der Waals surface area (Å²) in [6, 6.07) is 0. The van der Waals surface area contributed by atoms with Gasteiger partial charge in [0.05, 0.1) is 27.7 Å². The molecule has 0 saturated carbocycles. The van der Waals surface area contributed by atoms with Gasteiger partial charge in [0.1, 0.15) is 19.8 Å². The minimum absolute atomic E-state index is 0.0349. The molecule has 0 rings (SSSR count). The van der Waals surface area contributed by atoms with Gasteiger partial charge in [-0.2, -0.15) is 0 Å². The summed E-state index contributed by atoms with van der Waals surface area (Å²) in [5.41, 5.74) is 0. The molecule has 0 aromatic carbocycles. The van der Waals surface area contributed by atoms with E-state index in [0.717, 1.165) is 32.1 Å². The summed E-state index contributed by atoms with van der Waals surface area (Å²) in [6.07, 6.45) is 49.8. The zero-order valence-electron chi connectivity index (χ0n) is 41.6. The van der Waals surface area contributed by atoms with Crippen molar-refractivity contribution in [3.05, 3.63) is 12.2 Å². The molecule has 9 nitrogen and oxygen atoms in total. The Bertz CT molecular complexity index is 1060. The zero-order valence-corrected chi connectivity index (χ0v) is 42.5. The molecule has 10 heteroatoms. The first-order valence-electron chi connectivity index (χ1n) is 26.4. The van der Waals surface area contributed by atoms with Crippen LogP contribution in [-0.4, -0.2) is 74.9 Å². The van der Waals surface area contributed by atoms with Crippen molar-refractivity contribution in [1.29, 1.82) is 0 Å². The van der Waals surface area contributed by atoms with E-state index in [2.05, 4.69) is 26.0 Å². The van der Waals surface area contributed by atoms with Crippen LogP contribution in [0.25, 0.3) is 0 Å². The molecule has 368 valence electrons. The summed E-state index contributed by atoms with van der Waals surface area (Å²) in [5, 5.41) is 0. The monoisotopic (exact) mass is 901 g/mol. The van der Waals surface area contributed by atoms with Crippen molar-refractivity contribution < 1.29 is 42.1 Å². The first-order valence-corrected chi connectivity index (χ1v) is 27.9. The molecule has 0 aromatic rings. The van der Waals surface area contributed by atoms with Gasteiger partial charge in [-0.3, -0.25) is 18.6 Å². The summed E-state index contributed by atoms with van der Waals surface area (Å²) in [5.74, 6) is -0.784. The van der Waals surface area contributed by atoms with E-state index in [1.165, 1.54) is 193 Å². The number of hydrogen-bond donors (Lipinski definition) is 1. The van der Waals surface area contributed by atoms with Crippen LogP contribution in [0.5, 0.6) is 0 Å². The van der Waals surface area contributed by atoms with Crippen LogP contribution in [0.3, 0.4) is 0 Å². The molecule has 0 aliphatic carbocycles. The molecule has 0 spiro atoms. The molecular formula is C52H103NO8P+. The van der Waals surface area contributed by atoms with Crippen LogP contribution in [0.4, 0.5) is 0 Å². The molecule has 0 aliphatic rings. The van der Waals surface area contributed by atoms with Gasteiger partial charge < -0.3 is 18.9 Å². The molecule has 2 atom stereocenters. The number of rotatable bonds is 49. The van der Waals surface area contributed by atoms with Gasteiger partial charge in [0.25, 0.3) is 0 Å². The molecule has 1 unspecified atom stereocenters. The summed E-state index contributed by atoms with van der Waals surface area (Å²) in [6.45, 7) is 4.46. The average Bonchev–Trinajstić information content (AvgIpc) is 3.23. The third kappa shape index (κ3) is 48.2. The van der Waals surface area contributed by atoms with Crippen LogP contribution in [-0.2, 0) is 32.7 Å². The smallest absolute Gasteiger partial charge is 0.462 e. The molecule has 0 aliphatic heterocycles. The quantitative estimate of drug-likeness (QED) is 0.0211. The third-order valence-corrected chi connectivity index (χ3v) is 12.8. The van der Waals surface area contributed by atoms with Gasteiger partial charge in [-0.15, -0.1) is 0 Å². The Morgan fingerprint density at radius 2 is 0.823 bits per heavy atom. The maximum Gasteiger partial charge on any atom is 0.472 e. The minimum Gasteiger partial charge on any atom is -0.462 e. The van der Waals surface area contributed by atoms with Crippen LogP contribution >= 0.6 is 7.82 Å². The zero-order chi connectivity index (χ0) is 45.7. The number of phosphoric acid groups is 1. The Hall–Kier alpha value is -1.25. The maximum absolute atomic E-state index is 12.8. The maximum atomic E-state index is 12.8. The van der Waals surface area contributed by atoms with Crippen LogP contribution < -0.4 is 0 Å². The van der Waals surface area contributed by atoms with E-state index < -0.39 is 26.5 Å². The van der Waals surface area contributed by atoms with Gasteiger partial charge in [0, 0.05) is 12.8 Å². The fourth-order valence-corrected chi connectivity index (χ4v) is 8.40. The van der Waals surface area contributed by atoms with Crippen molar-refractivity contribution in [3.63, 3.8) is 0 Å². The first-order chi connectivity index (χ1) is 30.0. The number of esters is 2. The molecule has 0 fully saturated rings. The summed E-state index contributed by atoms with van der Waals surface area (Å²) in [4.78, 5) is 35.6. The largest absolute Gasteiger partial charge is 0.472 e. The number of carbonyl (C=O) groups excluding carboxylic acids is 2. The van der Waals surface area contributed by atoms with Crippen molar-refractivity contribution in [2.75, 3.05) is 47.5 Å². The van der Waals surface area contributed by atoms with Gasteiger partial charge in [-0.25, -0.2) is 4.57 Å². The summed E-state index contributed by atoms with van der Waals surface area (Å²) in [7, 11) is 1.49. The highest BCUT2D eigenvalue weighted by Gasteiger charge is 2.27. The standard InChI is InChI=1S/C52H102NO8P/c1-6-8-10-12-14-16-18-20-22-24-25-26-27-29-30-32-34-36-38-40-42-44-51(54)58-48-50(49-60-62(56,57)59-47-46-53(3,4)5)61-52(55)45-43-41-39-37-35-33-31-28-23-21-19-17-15-13-11-9-7-2/h17,19,50H,6-16,18,20-49H2,1-5H3/p+1/b19-17+/t50-/m1/s1. The molecule has 1 N–H and O–H groups in total. The van der Waals surface area contributed by atoms with E-state index in [1.54, 1.807) is 0 Å². The number of phosphoric ester groups is 1. The number of carbonyl (C=O) groups is 2. The number of ether oxygens (including phenoxy) is 2. The fourth-order valence-electron chi connectivity index (χ4n) is 7.66. The third-order valence-electron chi connectivity index (χ3n) is 11.8. The van der Waals surface area contributed by atoms with Crippen molar-refractivity contribution in [1.82, 2.24) is 0 Å². The van der Waals surface area contributed by atoms with Crippen LogP contribution in [0.2, 0.25) is 0 Å². The predicted octanol–water partition coefficient (Wildman–Crippen LogP) is 15.7. The SMILES string of the molecule is CCCCCC/C=C/CCCCCCCCCCCC(=O)O[C@H](COC(=O)CCCCCCCCCCCCCCCCCCCCCCC)COP(=O)(O)OCC[N+](C)(C)C. The second-order valence-electron chi connectivity index (χ2n) is 19.3. The van der Waals surface area contributed by atoms with Crippen LogP contribution in [0.15, 0.2) is 12.2 Å². The van der Waals surface area contributed by atoms with Crippen molar-refractivity contribution >= 4 is 19.8 Å². The second-order valence-corrected chi connectivity index (χ2v) is 20.7. The molecular weight excluding hydrogens is 798 g/mol. The summed E-state index contributed by atoms with van der Waals surface area (Å²) < 4.78 is 34.5. The van der Waals surface area contributed by atoms with Crippen LogP contribution in [0, 0.1) is 0 Å². The number of quaternary nitrogens is 1. The number of nitrogens with zero attached hydrogens (tertiary/aromatic N) is 1. The van der Waals surface area contributed by atoms with Gasteiger partial charge in [-0.1, -0.05) is 219 Å². The predicted molar refractivity (Wildman–Crippen MR) is 261 cm³/mol. The molecule has 0 bridgehead atoms. The van der Waals surface area contributed by atoms with Crippen molar-refractivity contribution in [2.45, 2.75) is 264 Å². The summed E-state index contributed by atoms with van der Waals surface area (Å²) >= 11 is 0. The van der Waals surface area contributed by atoms with Crippen molar-refractivity contribution in [3.8, 4) is 0 Å². The van der Waals surface area contributed by atoms with Crippen LogP contribution in [0.1, 0.15) is 258 Å². The lowest BCUT2D eigenvalue weighted by Gasteiger charge is -2.24. The molecule has 0 saturated heterocycles. The molecule has 0 aromatic heterocycles. The number of hydrogen-bond acceptors (Lipinski definition) is 7. The highest BCUT2D eigenvalue weighted by molar-refractivity contribution is 7.47. The second kappa shape index (κ2) is 44.9. The molecule has 62 heavy (non-hydrogen) atoms. The lowest BCUT2D eigenvalue weighted by molar-refractivity contribution is -0.870. The van der Waals surface area contributed by atoms with E-state index in [1.807, 2.05) is 21.1 Å². The highest BCUT2D eigenvalue weighted by Crippen LogP contribution is 2.43. The minimum atomic E-state index is -4.38. The van der Waals surface area contributed by atoms with E-state index >= 15 is 0 Å². The highest BCUT2D eigenvalue weighted by atomic mass is 31.2. The van der Waals surface area contributed by atoms with E-state index in [9.17, 15) is 19.0 Å². The number of unbranched alkanes of at least 4 members (excludes halogenated alkanes) is 33. The Morgan fingerprint density at radius 1 is 0.484 bits per heavy atom. The van der Waals surface area contributed by atoms with E-state index in [4.69, 9.17) is 18.5 Å². The Balaban J connectivity index is 4.18.